The van der Waals surface area contributed by atoms with E-state index >= 15 is 0 Å². The second-order valence-electron chi connectivity index (χ2n) is 7.31. The number of rotatable bonds is 11. The number of benzene rings is 2. The van der Waals surface area contributed by atoms with Crippen molar-refractivity contribution in [2.24, 2.45) is 0 Å². The summed E-state index contributed by atoms with van der Waals surface area (Å²) in [5.41, 5.74) is 1.36. The SMILES string of the molecule is COc1cc(OC)cc(C(C)(C)CCCCCCOc2ccccc2)c1. The lowest BCUT2D eigenvalue weighted by atomic mass is 9.80. The van der Waals surface area contributed by atoms with Gasteiger partial charge in [0.15, 0.2) is 0 Å². The van der Waals surface area contributed by atoms with Crippen molar-refractivity contribution in [3.63, 3.8) is 0 Å². The molecule has 0 unspecified atom stereocenters. The Bertz CT molecular complexity index is 628. The normalized spacial score (nSPS) is 11.2. The minimum atomic E-state index is 0.0996. The lowest BCUT2D eigenvalue weighted by Gasteiger charge is -2.26. The van der Waals surface area contributed by atoms with Crippen LogP contribution in [0.5, 0.6) is 17.2 Å². The quantitative estimate of drug-likeness (QED) is 0.461. The zero-order valence-corrected chi connectivity index (χ0v) is 16.6. The van der Waals surface area contributed by atoms with Crippen LogP contribution in [0.4, 0.5) is 0 Å². The lowest BCUT2D eigenvalue weighted by Crippen LogP contribution is -2.17. The van der Waals surface area contributed by atoms with Gasteiger partial charge in [-0.1, -0.05) is 51.3 Å². The first-order chi connectivity index (χ1) is 12.5. The molecule has 0 aliphatic carbocycles. The first-order valence-corrected chi connectivity index (χ1v) is 9.46. The van der Waals surface area contributed by atoms with Gasteiger partial charge in [-0.2, -0.15) is 0 Å². The molecule has 0 fully saturated rings. The van der Waals surface area contributed by atoms with Crippen molar-refractivity contribution in [3.8, 4) is 17.2 Å². The summed E-state index contributed by atoms with van der Waals surface area (Å²) in [6.45, 7) is 5.37. The maximum atomic E-state index is 5.75. The third-order valence-electron chi connectivity index (χ3n) is 4.84. The van der Waals surface area contributed by atoms with E-state index < -0.39 is 0 Å². The second-order valence-corrected chi connectivity index (χ2v) is 7.31. The molecule has 0 saturated carbocycles. The second kappa shape index (κ2) is 10.1. The molecule has 0 spiro atoms. The Balaban J connectivity index is 1.72. The van der Waals surface area contributed by atoms with Crippen LogP contribution in [0.1, 0.15) is 51.5 Å². The van der Waals surface area contributed by atoms with Crippen LogP contribution in [0.3, 0.4) is 0 Å². The van der Waals surface area contributed by atoms with Crippen molar-refractivity contribution < 1.29 is 14.2 Å². The highest BCUT2D eigenvalue weighted by molar-refractivity contribution is 5.41. The predicted octanol–water partition coefficient (Wildman–Crippen LogP) is 6.01. The molecule has 0 saturated heterocycles. The molecule has 0 aromatic heterocycles. The molecule has 2 aromatic carbocycles. The average molecular weight is 357 g/mol. The monoisotopic (exact) mass is 356 g/mol. The van der Waals surface area contributed by atoms with Gasteiger partial charge in [0.25, 0.3) is 0 Å². The third kappa shape index (κ3) is 6.29. The smallest absolute Gasteiger partial charge is 0.122 e. The van der Waals surface area contributed by atoms with Crippen LogP contribution < -0.4 is 14.2 Å². The van der Waals surface area contributed by atoms with Gasteiger partial charge in [-0.25, -0.2) is 0 Å². The van der Waals surface area contributed by atoms with Gasteiger partial charge in [-0.05, 0) is 48.1 Å². The molecule has 26 heavy (non-hydrogen) atoms. The molecule has 2 rings (SSSR count). The molecular formula is C23H32O3. The van der Waals surface area contributed by atoms with Crippen LogP contribution >= 0.6 is 0 Å². The lowest BCUT2D eigenvalue weighted by molar-refractivity contribution is 0.303. The van der Waals surface area contributed by atoms with E-state index in [1.54, 1.807) is 14.2 Å². The van der Waals surface area contributed by atoms with Gasteiger partial charge < -0.3 is 14.2 Å². The molecule has 0 amide bonds. The van der Waals surface area contributed by atoms with E-state index in [4.69, 9.17) is 14.2 Å². The van der Waals surface area contributed by atoms with Gasteiger partial charge in [0.1, 0.15) is 17.2 Å². The summed E-state index contributed by atoms with van der Waals surface area (Å²) in [6.07, 6.45) is 5.87. The van der Waals surface area contributed by atoms with Crippen LogP contribution in [0.25, 0.3) is 0 Å². The highest BCUT2D eigenvalue weighted by Crippen LogP contribution is 2.34. The fourth-order valence-electron chi connectivity index (χ4n) is 3.07. The summed E-state index contributed by atoms with van der Waals surface area (Å²) in [5, 5.41) is 0. The van der Waals surface area contributed by atoms with E-state index in [1.807, 2.05) is 36.4 Å². The number of hydrogen-bond acceptors (Lipinski definition) is 3. The summed E-state index contributed by atoms with van der Waals surface area (Å²) in [4.78, 5) is 0. The number of hydrogen-bond donors (Lipinski definition) is 0. The maximum absolute atomic E-state index is 5.75. The highest BCUT2D eigenvalue weighted by atomic mass is 16.5. The first-order valence-electron chi connectivity index (χ1n) is 9.46. The van der Waals surface area contributed by atoms with Crippen molar-refractivity contribution in [2.45, 2.75) is 51.4 Å². The fourth-order valence-corrected chi connectivity index (χ4v) is 3.07. The fraction of sp³-hybridized carbons (Fsp3) is 0.478. The van der Waals surface area contributed by atoms with E-state index in [-0.39, 0.29) is 5.41 Å². The summed E-state index contributed by atoms with van der Waals surface area (Å²) in [7, 11) is 3.39. The Morgan fingerprint density at radius 3 is 1.96 bits per heavy atom. The van der Waals surface area contributed by atoms with Crippen molar-refractivity contribution in [1.82, 2.24) is 0 Å². The molecule has 0 atom stereocenters. The van der Waals surface area contributed by atoms with Crippen LogP contribution in [-0.4, -0.2) is 20.8 Å². The van der Waals surface area contributed by atoms with E-state index in [1.165, 1.54) is 24.8 Å². The Morgan fingerprint density at radius 2 is 1.35 bits per heavy atom. The van der Waals surface area contributed by atoms with Crippen LogP contribution in [0, 0.1) is 0 Å². The van der Waals surface area contributed by atoms with Gasteiger partial charge in [0.05, 0.1) is 20.8 Å². The Hall–Kier alpha value is -2.16. The number of unbranched alkanes of at least 4 members (excludes halogenated alkanes) is 3. The molecule has 3 nitrogen and oxygen atoms in total. The van der Waals surface area contributed by atoms with Gasteiger partial charge in [-0.3, -0.25) is 0 Å². The van der Waals surface area contributed by atoms with Gasteiger partial charge in [0, 0.05) is 6.07 Å². The van der Waals surface area contributed by atoms with E-state index in [2.05, 4.69) is 26.0 Å². The maximum Gasteiger partial charge on any atom is 0.122 e. The molecule has 0 N–H and O–H groups in total. The molecule has 0 bridgehead atoms. The van der Waals surface area contributed by atoms with E-state index in [0.717, 1.165) is 36.7 Å². The zero-order chi connectivity index (χ0) is 18.8. The average Bonchev–Trinajstić information content (AvgIpc) is 2.67. The Labute approximate surface area is 158 Å². The Kier molecular flexibility index (Phi) is 7.83. The van der Waals surface area contributed by atoms with Crippen molar-refractivity contribution >= 4 is 0 Å². The van der Waals surface area contributed by atoms with Crippen molar-refractivity contribution in [2.75, 3.05) is 20.8 Å². The largest absolute Gasteiger partial charge is 0.497 e. The first kappa shape index (κ1) is 20.2. The predicted molar refractivity (Wildman–Crippen MR) is 108 cm³/mol. The Morgan fingerprint density at radius 1 is 0.731 bits per heavy atom. The zero-order valence-electron chi connectivity index (χ0n) is 16.6. The molecule has 0 radical (unpaired) electrons. The molecular weight excluding hydrogens is 324 g/mol. The number of para-hydroxylation sites is 1. The molecule has 0 aliphatic heterocycles. The molecule has 142 valence electrons. The molecule has 0 aliphatic rings. The minimum absolute atomic E-state index is 0.0996. The third-order valence-corrected chi connectivity index (χ3v) is 4.84. The van der Waals surface area contributed by atoms with Crippen molar-refractivity contribution in [1.29, 1.82) is 0 Å². The molecule has 2 aromatic rings. The summed E-state index contributed by atoms with van der Waals surface area (Å²) in [5.74, 6) is 2.66. The minimum Gasteiger partial charge on any atom is -0.497 e. The molecule has 0 heterocycles. The van der Waals surface area contributed by atoms with Crippen LogP contribution in [-0.2, 0) is 5.41 Å². The standard InChI is InChI=1S/C23H32O3/c1-23(2,19-16-21(24-3)18-22(17-19)25-4)14-10-5-6-11-15-26-20-12-8-7-9-13-20/h7-9,12-13,16-18H,5-6,10-11,14-15H2,1-4H3. The number of methoxy groups -OCH3 is 2. The van der Waals surface area contributed by atoms with E-state index in [9.17, 15) is 0 Å². The summed E-state index contributed by atoms with van der Waals surface area (Å²) >= 11 is 0. The molecule has 3 heteroatoms. The topological polar surface area (TPSA) is 27.7 Å². The number of ether oxygens (including phenoxy) is 3. The van der Waals surface area contributed by atoms with Crippen LogP contribution in [0.2, 0.25) is 0 Å². The summed E-state index contributed by atoms with van der Waals surface area (Å²) in [6, 6.07) is 16.2. The van der Waals surface area contributed by atoms with E-state index in [0.29, 0.717) is 0 Å². The highest BCUT2D eigenvalue weighted by Gasteiger charge is 2.21. The van der Waals surface area contributed by atoms with Gasteiger partial charge in [0.2, 0.25) is 0 Å². The van der Waals surface area contributed by atoms with Gasteiger partial charge >= 0.3 is 0 Å². The van der Waals surface area contributed by atoms with Crippen LogP contribution in [0.15, 0.2) is 48.5 Å². The van der Waals surface area contributed by atoms with Crippen molar-refractivity contribution in [3.05, 3.63) is 54.1 Å². The summed E-state index contributed by atoms with van der Waals surface area (Å²) < 4.78 is 16.6. The van der Waals surface area contributed by atoms with Gasteiger partial charge in [-0.15, -0.1) is 0 Å².